The van der Waals surface area contributed by atoms with Crippen LogP contribution >= 0.6 is 23.1 Å². The lowest BCUT2D eigenvalue weighted by molar-refractivity contribution is -0.161. The molecule has 0 bridgehead atoms. The Morgan fingerprint density at radius 2 is 2.08 bits per heavy atom. The summed E-state index contributed by atoms with van der Waals surface area (Å²) in [6.45, 7) is 5.43. The molecule has 136 valence electrons. The summed E-state index contributed by atoms with van der Waals surface area (Å²) in [6.07, 6.45) is -0.533. The summed E-state index contributed by atoms with van der Waals surface area (Å²) < 4.78 is 13.8. The third-order valence-corrected chi connectivity index (χ3v) is 5.98. The molecule has 0 spiro atoms. The SMILES string of the molecule is CC[C@H](O)[C@H](O)[C@H]1OC(C)(C)O[C@H]1/C=C/Sc1nc2ccccc2s1. The van der Waals surface area contributed by atoms with Gasteiger partial charge < -0.3 is 19.7 Å². The number of ether oxygens (including phenoxy) is 2. The van der Waals surface area contributed by atoms with Crippen molar-refractivity contribution in [3.8, 4) is 0 Å². The Kier molecular flexibility index (Phi) is 5.82. The second-order valence-electron chi connectivity index (χ2n) is 6.42. The molecule has 0 saturated carbocycles. The van der Waals surface area contributed by atoms with E-state index in [1.807, 2.05) is 36.6 Å². The average Bonchev–Trinajstić information content (AvgIpc) is 3.13. The monoisotopic (exact) mass is 381 g/mol. The Labute approximate surface area is 155 Å². The van der Waals surface area contributed by atoms with Crippen LogP contribution in [0.2, 0.25) is 0 Å². The molecule has 0 radical (unpaired) electrons. The highest BCUT2D eigenvalue weighted by Crippen LogP contribution is 2.34. The standard InChI is InChI=1S/C18H23NO4S2/c1-4-12(20)15(21)16-13(22-18(2,3)23-16)9-10-24-17-19-11-7-5-6-8-14(11)25-17/h5-10,12-13,15-16,20-21H,4H2,1-3H3/b10-9+/t12-,13-,15-,16-/m0/s1. The zero-order chi connectivity index (χ0) is 18.0. The number of benzene rings is 1. The zero-order valence-electron chi connectivity index (χ0n) is 14.5. The highest BCUT2D eigenvalue weighted by atomic mass is 32.2. The number of rotatable bonds is 6. The van der Waals surface area contributed by atoms with Gasteiger partial charge in [-0.25, -0.2) is 4.98 Å². The van der Waals surface area contributed by atoms with Crippen LogP contribution in [0.5, 0.6) is 0 Å². The second-order valence-corrected chi connectivity index (χ2v) is 8.61. The Balaban J connectivity index is 1.69. The Hall–Kier alpha value is -0.960. The molecule has 1 fully saturated rings. The van der Waals surface area contributed by atoms with E-state index in [-0.39, 0.29) is 0 Å². The van der Waals surface area contributed by atoms with Crippen LogP contribution in [0.1, 0.15) is 27.2 Å². The molecule has 1 aromatic heterocycles. The van der Waals surface area contributed by atoms with Crippen LogP contribution in [0.4, 0.5) is 0 Å². The number of fused-ring (bicyclic) bond motifs is 1. The van der Waals surface area contributed by atoms with Crippen molar-refractivity contribution in [1.29, 1.82) is 0 Å². The van der Waals surface area contributed by atoms with Crippen molar-refractivity contribution in [2.24, 2.45) is 0 Å². The molecule has 1 aliphatic heterocycles. The molecule has 2 heterocycles. The molecule has 1 saturated heterocycles. The van der Waals surface area contributed by atoms with E-state index >= 15 is 0 Å². The lowest BCUT2D eigenvalue weighted by Gasteiger charge is -2.24. The van der Waals surface area contributed by atoms with Gasteiger partial charge in [0.2, 0.25) is 0 Å². The van der Waals surface area contributed by atoms with Crippen LogP contribution in [0.3, 0.4) is 0 Å². The van der Waals surface area contributed by atoms with Crippen molar-refractivity contribution in [1.82, 2.24) is 4.98 Å². The lowest BCUT2D eigenvalue weighted by Crippen LogP contribution is -2.42. The van der Waals surface area contributed by atoms with Gasteiger partial charge in [-0.05, 0) is 43.9 Å². The van der Waals surface area contributed by atoms with E-state index in [0.717, 1.165) is 14.6 Å². The Morgan fingerprint density at radius 1 is 1.32 bits per heavy atom. The first-order chi connectivity index (χ1) is 11.9. The van der Waals surface area contributed by atoms with E-state index in [2.05, 4.69) is 11.1 Å². The van der Waals surface area contributed by atoms with E-state index in [0.29, 0.717) is 6.42 Å². The fraction of sp³-hybridized carbons (Fsp3) is 0.500. The van der Waals surface area contributed by atoms with Gasteiger partial charge in [-0.2, -0.15) is 0 Å². The minimum atomic E-state index is -0.992. The highest BCUT2D eigenvalue weighted by Gasteiger charge is 2.45. The number of aromatic nitrogens is 1. The molecule has 3 rings (SSSR count). The van der Waals surface area contributed by atoms with Gasteiger partial charge in [-0.3, -0.25) is 0 Å². The molecule has 0 aliphatic carbocycles. The van der Waals surface area contributed by atoms with Gasteiger partial charge in [0.15, 0.2) is 10.1 Å². The number of hydrogen-bond acceptors (Lipinski definition) is 7. The third-order valence-electron chi connectivity index (χ3n) is 4.02. The lowest BCUT2D eigenvalue weighted by atomic mass is 10.0. The molecule has 1 aliphatic rings. The molecular weight excluding hydrogens is 358 g/mol. The van der Waals surface area contributed by atoms with E-state index < -0.39 is 30.2 Å². The molecule has 0 amide bonds. The topological polar surface area (TPSA) is 71.8 Å². The van der Waals surface area contributed by atoms with Crippen LogP contribution in [0.25, 0.3) is 10.2 Å². The predicted octanol–water partition coefficient (Wildman–Crippen LogP) is 3.55. The molecule has 25 heavy (non-hydrogen) atoms. The first kappa shape index (κ1) is 18.8. The number of aliphatic hydroxyl groups excluding tert-OH is 2. The summed E-state index contributed by atoms with van der Waals surface area (Å²) >= 11 is 3.14. The minimum absolute atomic E-state index is 0.423. The highest BCUT2D eigenvalue weighted by molar-refractivity contribution is 8.03. The van der Waals surface area contributed by atoms with E-state index in [1.54, 1.807) is 25.2 Å². The normalized spacial score (nSPS) is 25.6. The van der Waals surface area contributed by atoms with Gasteiger partial charge >= 0.3 is 0 Å². The molecule has 7 heteroatoms. The fourth-order valence-corrected chi connectivity index (χ4v) is 4.59. The number of aliphatic hydroxyl groups is 2. The number of thiazole rings is 1. The molecule has 1 aromatic carbocycles. The predicted molar refractivity (Wildman–Crippen MR) is 101 cm³/mol. The van der Waals surface area contributed by atoms with Crippen LogP contribution in [0.15, 0.2) is 40.1 Å². The second kappa shape index (κ2) is 7.73. The zero-order valence-corrected chi connectivity index (χ0v) is 16.1. The summed E-state index contributed by atoms with van der Waals surface area (Å²) in [5, 5.41) is 22.2. The number of para-hydroxylation sites is 1. The maximum absolute atomic E-state index is 10.3. The summed E-state index contributed by atoms with van der Waals surface area (Å²) in [7, 11) is 0. The smallest absolute Gasteiger partial charge is 0.164 e. The molecule has 2 N–H and O–H groups in total. The quantitative estimate of drug-likeness (QED) is 0.746. The van der Waals surface area contributed by atoms with Crippen molar-refractivity contribution in [2.45, 2.75) is 61.7 Å². The fourth-order valence-electron chi connectivity index (χ4n) is 2.77. The number of thioether (sulfide) groups is 1. The van der Waals surface area contributed by atoms with E-state index in [1.165, 1.54) is 11.8 Å². The van der Waals surface area contributed by atoms with Crippen LogP contribution in [-0.2, 0) is 9.47 Å². The molecular formula is C18H23NO4S2. The third kappa shape index (κ3) is 4.42. The molecule has 0 unspecified atom stereocenters. The summed E-state index contributed by atoms with van der Waals surface area (Å²) in [5.74, 6) is -0.797. The van der Waals surface area contributed by atoms with Crippen molar-refractivity contribution in [3.05, 3.63) is 35.7 Å². The summed E-state index contributed by atoms with van der Waals surface area (Å²) in [6, 6.07) is 8.02. The van der Waals surface area contributed by atoms with Gasteiger partial charge in [0.1, 0.15) is 18.3 Å². The number of hydrogen-bond donors (Lipinski definition) is 2. The number of nitrogens with zero attached hydrogens (tertiary/aromatic N) is 1. The Bertz CT molecular complexity index is 713. The van der Waals surface area contributed by atoms with Gasteiger partial charge in [-0.1, -0.05) is 30.8 Å². The maximum atomic E-state index is 10.3. The van der Waals surface area contributed by atoms with Crippen LogP contribution in [0, 0.1) is 0 Å². The van der Waals surface area contributed by atoms with Gasteiger partial charge in [0, 0.05) is 0 Å². The van der Waals surface area contributed by atoms with Crippen molar-refractivity contribution in [3.63, 3.8) is 0 Å². The summed E-state index contributed by atoms with van der Waals surface area (Å²) in [5.41, 5.74) is 0.990. The van der Waals surface area contributed by atoms with Crippen LogP contribution < -0.4 is 0 Å². The Morgan fingerprint density at radius 3 is 2.80 bits per heavy atom. The first-order valence-corrected chi connectivity index (χ1v) is 10.00. The van der Waals surface area contributed by atoms with Gasteiger partial charge in [0.05, 0.1) is 16.3 Å². The minimum Gasteiger partial charge on any atom is -0.390 e. The molecule has 2 aromatic rings. The van der Waals surface area contributed by atoms with Crippen molar-refractivity contribution >= 4 is 33.3 Å². The average molecular weight is 382 g/mol. The van der Waals surface area contributed by atoms with Gasteiger partial charge in [-0.15, -0.1) is 11.3 Å². The molecule has 4 atom stereocenters. The maximum Gasteiger partial charge on any atom is 0.164 e. The first-order valence-electron chi connectivity index (χ1n) is 8.30. The van der Waals surface area contributed by atoms with Crippen LogP contribution in [-0.4, -0.2) is 45.4 Å². The van der Waals surface area contributed by atoms with E-state index in [4.69, 9.17) is 9.47 Å². The largest absolute Gasteiger partial charge is 0.390 e. The molecule has 5 nitrogen and oxygen atoms in total. The van der Waals surface area contributed by atoms with Crippen molar-refractivity contribution < 1.29 is 19.7 Å². The van der Waals surface area contributed by atoms with Crippen molar-refractivity contribution in [2.75, 3.05) is 0 Å². The summed E-state index contributed by atoms with van der Waals surface area (Å²) in [4.78, 5) is 4.57. The van der Waals surface area contributed by atoms with E-state index in [9.17, 15) is 10.2 Å². The van der Waals surface area contributed by atoms with Gasteiger partial charge in [0.25, 0.3) is 0 Å².